The highest BCUT2D eigenvalue weighted by Gasteiger charge is 2.12. The molecule has 0 radical (unpaired) electrons. The van der Waals surface area contributed by atoms with Gasteiger partial charge in [-0.3, -0.25) is 4.40 Å². The zero-order valence-electron chi connectivity index (χ0n) is 7.88. The van der Waals surface area contributed by atoms with E-state index in [1.165, 1.54) is 0 Å². The van der Waals surface area contributed by atoms with Crippen LogP contribution < -0.4 is 5.73 Å². The van der Waals surface area contributed by atoms with Crippen molar-refractivity contribution in [1.82, 2.24) is 14.6 Å². The predicted octanol–water partition coefficient (Wildman–Crippen LogP) is 0.0298. The first-order valence-electron chi connectivity index (χ1n) is 4.42. The lowest BCUT2D eigenvalue weighted by molar-refractivity contribution is 0.175. The van der Waals surface area contributed by atoms with Crippen LogP contribution in [0.5, 0.6) is 0 Å². The van der Waals surface area contributed by atoms with E-state index in [4.69, 9.17) is 5.73 Å². The molecule has 74 valence electrons. The molecule has 2 heterocycles. The molecule has 0 aliphatic carbocycles. The van der Waals surface area contributed by atoms with Crippen LogP contribution in [0.3, 0.4) is 0 Å². The van der Waals surface area contributed by atoms with Gasteiger partial charge in [-0.15, -0.1) is 10.2 Å². The summed E-state index contributed by atoms with van der Waals surface area (Å²) in [7, 11) is 0. The zero-order valence-corrected chi connectivity index (χ0v) is 7.88. The van der Waals surface area contributed by atoms with E-state index in [9.17, 15) is 5.11 Å². The van der Waals surface area contributed by atoms with Crippen molar-refractivity contribution in [2.45, 2.75) is 13.0 Å². The summed E-state index contributed by atoms with van der Waals surface area (Å²) in [5.74, 6) is 0.488. The van der Waals surface area contributed by atoms with Gasteiger partial charge in [0.25, 0.3) is 0 Å². The third-order valence-corrected chi connectivity index (χ3v) is 2.11. The Morgan fingerprint density at radius 1 is 1.57 bits per heavy atom. The maximum absolute atomic E-state index is 9.54. The summed E-state index contributed by atoms with van der Waals surface area (Å²) >= 11 is 0. The van der Waals surface area contributed by atoms with Gasteiger partial charge in [0, 0.05) is 12.7 Å². The van der Waals surface area contributed by atoms with Crippen molar-refractivity contribution in [2.75, 3.05) is 6.54 Å². The van der Waals surface area contributed by atoms with Gasteiger partial charge in [-0.05, 0) is 24.6 Å². The Bertz CT molecular complexity index is 451. The van der Waals surface area contributed by atoms with Crippen LogP contribution in [-0.4, -0.2) is 26.2 Å². The highest BCUT2D eigenvalue weighted by atomic mass is 16.3. The van der Waals surface area contributed by atoms with E-state index >= 15 is 0 Å². The van der Waals surface area contributed by atoms with Crippen molar-refractivity contribution in [3.05, 3.63) is 29.7 Å². The lowest BCUT2D eigenvalue weighted by atomic mass is 10.3. The van der Waals surface area contributed by atoms with E-state index in [1.807, 2.05) is 25.3 Å². The minimum atomic E-state index is -0.757. The topological polar surface area (TPSA) is 76.4 Å². The number of fused-ring (bicyclic) bond motifs is 1. The zero-order chi connectivity index (χ0) is 10.1. The van der Waals surface area contributed by atoms with Crippen LogP contribution in [0.25, 0.3) is 5.65 Å². The lowest BCUT2D eigenvalue weighted by Gasteiger charge is -2.04. The fourth-order valence-corrected chi connectivity index (χ4v) is 1.34. The predicted molar refractivity (Wildman–Crippen MR) is 51.7 cm³/mol. The molecule has 5 heteroatoms. The molecule has 1 unspecified atom stereocenters. The Morgan fingerprint density at radius 3 is 3.07 bits per heavy atom. The average molecular weight is 192 g/mol. The number of rotatable bonds is 2. The molecule has 5 nitrogen and oxygen atoms in total. The Balaban J connectivity index is 2.58. The summed E-state index contributed by atoms with van der Waals surface area (Å²) < 4.78 is 1.74. The minimum Gasteiger partial charge on any atom is -0.384 e. The van der Waals surface area contributed by atoms with Crippen molar-refractivity contribution in [2.24, 2.45) is 5.73 Å². The number of nitrogens with two attached hydrogens (primary N) is 1. The van der Waals surface area contributed by atoms with Crippen molar-refractivity contribution in [3.63, 3.8) is 0 Å². The highest BCUT2D eigenvalue weighted by molar-refractivity contribution is 5.40. The summed E-state index contributed by atoms with van der Waals surface area (Å²) in [6.45, 7) is 2.13. The molecule has 2 aromatic heterocycles. The summed E-state index contributed by atoms with van der Waals surface area (Å²) in [6, 6.07) is 3.84. The van der Waals surface area contributed by atoms with Crippen molar-refractivity contribution in [3.8, 4) is 0 Å². The van der Waals surface area contributed by atoms with Gasteiger partial charge in [0.05, 0.1) is 0 Å². The number of aliphatic hydroxyl groups excluding tert-OH is 1. The monoisotopic (exact) mass is 192 g/mol. The smallest absolute Gasteiger partial charge is 0.167 e. The standard InChI is InChI=1S/C9H12N4O/c1-6-2-3-13-8(4-6)11-12-9(13)7(14)5-10/h2-4,7,14H,5,10H2,1H3. The summed E-state index contributed by atoms with van der Waals surface area (Å²) in [6.07, 6.45) is 1.08. The second kappa shape index (κ2) is 3.36. The van der Waals surface area contributed by atoms with Crippen LogP contribution in [0, 0.1) is 6.92 Å². The molecule has 0 saturated carbocycles. The van der Waals surface area contributed by atoms with Crippen LogP contribution in [-0.2, 0) is 0 Å². The number of nitrogens with zero attached hydrogens (tertiary/aromatic N) is 3. The van der Waals surface area contributed by atoms with Gasteiger partial charge in [0.15, 0.2) is 11.5 Å². The SMILES string of the molecule is Cc1ccn2c(C(O)CN)nnc2c1. The molecule has 2 aromatic rings. The molecular formula is C9H12N4O. The molecule has 0 spiro atoms. The molecule has 14 heavy (non-hydrogen) atoms. The summed E-state index contributed by atoms with van der Waals surface area (Å²) in [5, 5.41) is 17.4. The van der Waals surface area contributed by atoms with Crippen LogP contribution >= 0.6 is 0 Å². The lowest BCUT2D eigenvalue weighted by Crippen LogP contribution is -2.14. The van der Waals surface area contributed by atoms with E-state index < -0.39 is 6.10 Å². The molecule has 2 rings (SSSR count). The minimum absolute atomic E-state index is 0.147. The van der Waals surface area contributed by atoms with Crippen LogP contribution in [0.2, 0.25) is 0 Å². The van der Waals surface area contributed by atoms with Crippen molar-refractivity contribution >= 4 is 5.65 Å². The fourth-order valence-electron chi connectivity index (χ4n) is 1.34. The fraction of sp³-hybridized carbons (Fsp3) is 0.333. The van der Waals surface area contributed by atoms with Crippen molar-refractivity contribution in [1.29, 1.82) is 0 Å². The molecule has 0 fully saturated rings. The molecular weight excluding hydrogens is 180 g/mol. The van der Waals surface area contributed by atoms with Gasteiger partial charge >= 0.3 is 0 Å². The first-order valence-corrected chi connectivity index (χ1v) is 4.42. The first kappa shape index (κ1) is 9.11. The number of hydrogen-bond donors (Lipinski definition) is 2. The summed E-state index contributed by atoms with van der Waals surface area (Å²) in [4.78, 5) is 0. The second-order valence-corrected chi connectivity index (χ2v) is 3.24. The number of hydrogen-bond acceptors (Lipinski definition) is 4. The average Bonchev–Trinajstić information content (AvgIpc) is 2.59. The van der Waals surface area contributed by atoms with Gasteiger partial charge in [0.1, 0.15) is 6.10 Å². The van der Waals surface area contributed by atoms with E-state index in [-0.39, 0.29) is 6.54 Å². The highest BCUT2D eigenvalue weighted by Crippen LogP contribution is 2.12. The van der Waals surface area contributed by atoms with E-state index in [2.05, 4.69) is 10.2 Å². The molecule has 0 aliphatic heterocycles. The number of pyridine rings is 1. The Hall–Kier alpha value is -1.46. The molecule has 0 bridgehead atoms. The van der Waals surface area contributed by atoms with Gasteiger partial charge in [-0.2, -0.15) is 0 Å². The molecule has 0 aromatic carbocycles. The van der Waals surface area contributed by atoms with Crippen LogP contribution in [0.1, 0.15) is 17.5 Å². The van der Waals surface area contributed by atoms with Gasteiger partial charge in [-0.25, -0.2) is 0 Å². The van der Waals surface area contributed by atoms with E-state index in [1.54, 1.807) is 4.40 Å². The molecule has 3 N–H and O–H groups in total. The summed E-state index contributed by atoms with van der Waals surface area (Å²) in [5.41, 5.74) is 7.19. The maximum Gasteiger partial charge on any atom is 0.167 e. The van der Waals surface area contributed by atoms with Gasteiger partial charge < -0.3 is 10.8 Å². The number of aliphatic hydroxyl groups is 1. The third-order valence-electron chi connectivity index (χ3n) is 2.11. The second-order valence-electron chi connectivity index (χ2n) is 3.24. The maximum atomic E-state index is 9.54. The molecule has 0 saturated heterocycles. The Labute approximate surface area is 81.2 Å². The van der Waals surface area contributed by atoms with E-state index in [0.717, 1.165) is 11.2 Å². The third kappa shape index (κ3) is 1.36. The first-order chi connectivity index (χ1) is 6.72. The molecule has 1 atom stereocenters. The molecule has 0 aliphatic rings. The van der Waals surface area contributed by atoms with Gasteiger partial charge in [0.2, 0.25) is 0 Å². The quantitative estimate of drug-likeness (QED) is 0.703. The van der Waals surface area contributed by atoms with E-state index in [0.29, 0.717) is 5.82 Å². The largest absolute Gasteiger partial charge is 0.384 e. The number of aromatic nitrogens is 3. The van der Waals surface area contributed by atoms with Crippen molar-refractivity contribution < 1.29 is 5.11 Å². The van der Waals surface area contributed by atoms with Gasteiger partial charge in [-0.1, -0.05) is 0 Å². The van der Waals surface area contributed by atoms with Crippen LogP contribution in [0.15, 0.2) is 18.3 Å². The number of aryl methyl sites for hydroxylation is 1. The Morgan fingerprint density at radius 2 is 2.36 bits per heavy atom. The molecule has 0 amide bonds. The van der Waals surface area contributed by atoms with Crippen LogP contribution in [0.4, 0.5) is 0 Å². The normalized spacial score (nSPS) is 13.4. The Kier molecular flexibility index (Phi) is 2.18.